The second kappa shape index (κ2) is 8.53. The number of amides is 1. The number of nitro benzene ring substituents is 1. The number of non-ortho nitro benzene ring substituents is 1. The lowest BCUT2D eigenvalue weighted by Gasteiger charge is -2.38. The third kappa shape index (κ3) is 4.58. The SMILES string of the molecule is CC(C(=O)Nc1ccc(F)cc1Cl)N1CCN(c2ccc([N+](=O)[O-])cc2)CC1. The van der Waals surface area contributed by atoms with E-state index < -0.39 is 10.7 Å². The van der Waals surface area contributed by atoms with Crippen LogP contribution in [0.1, 0.15) is 6.92 Å². The van der Waals surface area contributed by atoms with Crippen LogP contribution in [0.4, 0.5) is 21.5 Å². The van der Waals surface area contributed by atoms with E-state index in [1.165, 1.54) is 24.3 Å². The summed E-state index contributed by atoms with van der Waals surface area (Å²) in [7, 11) is 0. The summed E-state index contributed by atoms with van der Waals surface area (Å²) < 4.78 is 13.1. The van der Waals surface area contributed by atoms with Gasteiger partial charge in [0.2, 0.25) is 5.91 Å². The molecule has 2 aromatic carbocycles. The summed E-state index contributed by atoms with van der Waals surface area (Å²) in [5, 5.41) is 13.7. The van der Waals surface area contributed by atoms with Crippen LogP contribution in [0.15, 0.2) is 42.5 Å². The molecule has 2 aromatic rings. The van der Waals surface area contributed by atoms with Gasteiger partial charge in [-0.25, -0.2) is 4.39 Å². The van der Waals surface area contributed by atoms with Gasteiger partial charge in [-0.3, -0.25) is 19.8 Å². The molecule has 148 valence electrons. The molecule has 0 spiro atoms. The van der Waals surface area contributed by atoms with Crippen LogP contribution in [0.5, 0.6) is 0 Å². The molecule has 7 nitrogen and oxygen atoms in total. The van der Waals surface area contributed by atoms with Crippen LogP contribution in [-0.4, -0.2) is 48.0 Å². The van der Waals surface area contributed by atoms with Gasteiger partial charge >= 0.3 is 0 Å². The number of anilines is 2. The molecule has 9 heteroatoms. The van der Waals surface area contributed by atoms with Crippen LogP contribution in [0, 0.1) is 15.9 Å². The van der Waals surface area contributed by atoms with Crippen LogP contribution >= 0.6 is 11.6 Å². The maximum atomic E-state index is 13.1. The number of halogens is 2. The summed E-state index contributed by atoms with van der Waals surface area (Å²) in [4.78, 5) is 27.0. The van der Waals surface area contributed by atoms with Crippen molar-refractivity contribution in [2.24, 2.45) is 0 Å². The number of piperazine rings is 1. The fraction of sp³-hybridized carbons (Fsp3) is 0.316. The van der Waals surface area contributed by atoms with Crippen LogP contribution in [-0.2, 0) is 4.79 Å². The highest BCUT2D eigenvalue weighted by atomic mass is 35.5. The zero-order valence-corrected chi connectivity index (χ0v) is 16.0. The van der Waals surface area contributed by atoms with Crippen molar-refractivity contribution in [3.05, 3.63) is 63.4 Å². The lowest BCUT2D eigenvalue weighted by atomic mass is 10.2. The summed E-state index contributed by atoms with van der Waals surface area (Å²) in [5.41, 5.74) is 1.36. The smallest absolute Gasteiger partial charge is 0.269 e. The lowest BCUT2D eigenvalue weighted by Crippen LogP contribution is -2.52. The van der Waals surface area contributed by atoms with E-state index in [0.29, 0.717) is 31.9 Å². The van der Waals surface area contributed by atoms with Gasteiger partial charge in [-0.2, -0.15) is 0 Å². The first-order valence-electron chi connectivity index (χ1n) is 8.84. The summed E-state index contributed by atoms with van der Waals surface area (Å²) in [5.74, 6) is -0.671. The lowest BCUT2D eigenvalue weighted by molar-refractivity contribution is -0.384. The molecular formula is C19H20ClFN4O3. The number of carbonyl (C=O) groups is 1. The molecule has 1 heterocycles. The van der Waals surface area contributed by atoms with E-state index in [-0.39, 0.29) is 22.7 Å². The minimum atomic E-state index is -0.460. The molecule has 1 N–H and O–H groups in total. The van der Waals surface area contributed by atoms with Gasteiger partial charge in [0.15, 0.2) is 0 Å². The minimum absolute atomic E-state index is 0.0622. The van der Waals surface area contributed by atoms with Crippen LogP contribution in [0.2, 0.25) is 5.02 Å². The number of carbonyl (C=O) groups excluding carboxylic acids is 1. The van der Waals surface area contributed by atoms with E-state index in [9.17, 15) is 19.3 Å². The molecule has 0 radical (unpaired) electrons. The average Bonchev–Trinajstić information content (AvgIpc) is 2.69. The van der Waals surface area contributed by atoms with Gasteiger partial charge in [0.05, 0.1) is 21.7 Å². The zero-order valence-electron chi connectivity index (χ0n) is 15.3. The first-order valence-corrected chi connectivity index (χ1v) is 9.22. The Balaban J connectivity index is 1.56. The Morgan fingerprint density at radius 1 is 1.18 bits per heavy atom. The van der Waals surface area contributed by atoms with Crippen LogP contribution in [0.25, 0.3) is 0 Å². The first-order chi connectivity index (χ1) is 13.3. The molecule has 1 amide bonds. The maximum Gasteiger partial charge on any atom is 0.269 e. The molecule has 0 saturated carbocycles. The van der Waals surface area contributed by atoms with Crippen LogP contribution < -0.4 is 10.2 Å². The number of hydrogen-bond donors (Lipinski definition) is 1. The highest BCUT2D eigenvalue weighted by Gasteiger charge is 2.26. The molecule has 28 heavy (non-hydrogen) atoms. The van der Waals surface area contributed by atoms with Gasteiger partial charge < -0.3 is 10.2 Å². The molecule has 1 aliphatic rings. The Morgan fingerprint density at radius 2 is 1.82 bits per heavy atom. The first kappa shape index (κ1) is 20.0. The topological polar surface area (TPSA) is 78.7 Å². The molecule has 0 aromatic heterocycles. The highest BCUT2D eigenvalue weighted by Crippen LogP contribution is 2.24. The van der Waals surface area contributed by atoms with Gasteiger partial charge in [-0.15, -0.1) is 0 Å². The Kier molecular flexibility index (Phi) is 6.11. The Morgan fingerprint density at radius 3 is 2.39 bits per heavy atom. The molecule has 0 bridgehead atoms. The van der Waals surface area contributed by atoms with Gasteiger partial charge in [-0.1, -0.05) is 11.6 Å². The third-order valence-corrected chi connectivity index (χ3v) is 5.17. The van der Waals surface area contributed by atoms with Gasteiger partial charge in [-0.05, 0) is 37.3 Å². The highest BCUT2D eigenvalue weighted by molar-refractivity contribution is 6.33. The van der Waals surface area contributed by atoms with E-state index in [1.807, 2.05) is 6.92 Å². The predicted molar refractivity (Wildman–Crippen MR) is 106 cm³/mol. The van der Waals surface area contributed by atoms with Crippen molar-refractivity contribution in [1.82, 2.24) is 4.90 Å². The number of nitrogens with zero attached hydrogens (tertiary/aromatic N) is 3. The third-order valence-electron chi connectivity index (χ3n) is 4.86. The molecule has 1 aliphatic heterocycles. The van der Waals surface area contributed by atoms with Crippen LogP contribution in [0.3, 0.4) is 0 Å². The van der Waals surface area contributed by atoms with E-state index in [2.05, 4.69) is 15.1 Å². The van der Waals surface area contributed by atoms with Crippen molar-refractivity contribution in [1.29, 1.82) is 0 Å². The summed E-state index contributed by atoms with van der Waals surface area (Å²) >= 11 is 5.96. The maximum absolute atomic E-state index is 13.1. The van der Waals surface area contributed by atoms with Crippen molar-refractivity contribution in [2.75, 3.05) is 36.4 Å². The van der Waals surface area contributed by atoms with Crippen molar-refractivity contribution < 1.29 is 14.1 Å². The number of nitro groups is 1. The summed E-state index contributed by atoms with van der Waals surface area (Å²) in [6, 6.07) is 9.92. The van der Waals surface area contributed by atoms with E-state index in [1.54, 1.807) is 12.1 Å². The molecule has 0 aliphatic carbocycles. The van der Waals surface area contributed by atoms with Gasteiger partial charge in [0.25, 0.3) is 5.69 Å². The number of nitrogens with one attached hydrogen (secondary N) is 1. The summed E-state index contributed by atoms with van der Waals surface area (Å²) in [6.07, 6.45) is 0. The fourth-order valence-electron chi connectivity index (χ4n) is 3.15. The minimum Gasteiger partial charge on any atom is -0.369 e. The quantitative estimate of drug-likeness (QED) is 0.607. The largest absolute Gasteiger partial charge is 0.369 e. The Labute approximate surface area is 166 Å². The molecule has 1 atom stereocenters. The second-order valence-corrected chi connectivity index (χ2v) is 6.99. The number of hydrogen-bond acceptors (Lipinski definition) is 5. The standard InChI is InChI=1S/C19H20ClFN4O3/c1-13(19(26)22-18-7-2-14(21)12-17(18)20)23-8-10-24(11-9-23)15-3-5-16(6-4-15)25(27)28/h2-7,12-13H,8-11H2,1H3,(H,22,26). The molecule has 1 fully saturated rings. The predicted octanol–water partition coefficient (Wildman–Crippen LogP) is 3.54. The molecular weight excluding hydrogens is 387 g/mol. The Bertz CT molecular complexity index is 870. The van der Waals surface area contributed by atoms with E-state index in [0.717, 1.165) is 11.8 Å². The zero-order chi connectivity index (χ0) is 20.3. The Hall–Kier alpha value is -2.71. The van der Waals surface area contributed by atoms with E-state index >= 15 is 0 Å². The number of rotatable bonds is 5. The van der Waals surface area contributed by atoms with Crippen molar-refractivity contribution in [3.8, 4) is 0 Å². The monoisotopic (exact) mass is 406 g/mol. The van der Waals surface area contributed by atoms with Gasteiger partial charge in [0, 0.05) is 44.0 Å². The average molecular weight is 407 g/mol. The number of benzene rings is 2. The van der Waals surface area contributed by atoms with Gasteiger partial charge in [0.1, 0.15) is 5.82 Å². The normalized spacial score (nSPS) is 15.9. The van der Waals surface area contributed by atoms with E-state index in [4.69, 9.17) is 11.6 Å². The van der Waals surface area contributed by atoms with Crippen molar-refractivity contribution >= 4 is 34.6 Å². The fourth-order valence-corrected chi connectivity index (χ4v) is 3.36. The second-order valence-electron chi connectivity index (χ2n) is 6.59. The molecule has 3 rings (SSSR count). The van der Waals surface area contributed by atoms with Crippen molar-refractivity contribution in [2.45, 2.75) is 13.0 Å². The molecule has 1 saturated heterocycles. The molecule has 1 unspecified atom stereocenters. The summed E-state index contributed by atoms with van der Waals surface area (Å²) in [6.45, 7) is 4.55. The van der Waals surface area contributed by atoms with Crippen molar-refractivity contribution in [3.63, 3.8) is 0 Å².